The molecule has 0 saturated carbocycles. The summed E-state index contributed by atoms with van der Waals surface area (Å²) in [6, 6.07) is 29.1. The van der Waals surface area contributed by atoms with Gasteiger partial charge in [-0.05, 0) is 66.7 Å². The maximum Gasteiger partial charge on any atom is -0.00642 e. The molecule has 0 saturated heterocycles. The molecule has 0 amide bonds. The third-order valence-corrected chi connectivity index (χ3v) is 5.36. The summed E-state index contributed by atoms with van der Waals surface area (Å²) in [5.41, 5.74) is 1.44. The molecule has 0 N–H and O–H groups in total. The first kappa shape index (κ1) is 14.5. The van der Waals surface area contributed by atoms with Crippen LogP contribution < -0.4 is 0 Å². The van der Waals surface area contributed by atoms with Gasteiger partial charge in [-0.2, -0.15) is 0 Å². The van der Waals surface area contributed by atoms with Crippen LogP contribution in [0.1, 0.15) is 25.3 Å². The molecule has 5 aromatic carbocycles. The minimum Gasteiger partial charge on any atom is -0.0616 e. The molecule has 0 bridgehead atoms. The second kappa shape index (κ2) is 5.32. The summed E-state index contributed by atoms with van der Waals surface area (Å²) < 4.78 is 0. The summed E-state index contributed by atoms with van der Waals surface area (Å²) in [7, 11) is 0. The van der Waals surface area contributed by atoms with Crippen molar-refractivity contribution >= 4 is 43.1 Å². The SMILES string of the molecule is CC(C)c1cc2cc3ccccc3cc2c2ccc3ccccc3c12. The van der Waals surface area contributed by atoms with Gasteiger partial charge in [-0.15, -0.1) is 0 Å². The fraction of sp³-hybridized carbons (Fsp3) is 0.120. The van der Waals surface area contributed by atoms with Crippen molar-refractivity contribution in [1.29, 1.82) is 0 Å². The number of rotatable bonds is 1. The summed E-state index contributed by atoms with van der Waals surface area (Å²) in [4.78, 5) is 0. The van der Waals surface area contributed by atoms with Crippen molar-refractivity contribution in [2.45, 2.75) is 19.8 Å². The number of hydrogen-bond acceptors (Lipinski definition) is 0. The van der Waals surface area contributed by atoms with E-state index in [1.807, 2.05) is 0 Å². The zero-order chi connectivity index (χ0) is 17.0. The smallest absolute Gasteiger partial charge is 0.00642 e. The molecule has 0 aromatic heterocycles. The molecule has 0 nitrogen and oxygen atoms in total. The molecule has 0 aliphatic rings. The standard InChI is InChI=1S/C25H20/c1-16(2)23-15-20-13-18-8-3-4-9-19(18)14-24(20)22-12-11-17-7-5-6-10-21(17)25(22)23/h3-16H,1-2H3. The van der Waals surface area contributed by atoms with Crippen LogP contribution in [-0.2, 0) is 0 Å². The first-order valence-electron chi connectivity index (χ1n) is 8.99. The van der Waals surface area contributed by atoms with E-state index in [0.29, 0.717) is 5.92 Å². The maximum absolute atomic E-state index is 2.40. The normalized spacial score (nSPS) is 12.0. The minimum absolute atomic E-state index is 0.490. The number of hydrogen-bond donors (Lipinski definition) is 0. The highest BCUT2D eigenvalue weighted by Gasteiger charge is 2.13. The average molecular weight is 320 g/mol. The highest BCUT2D eigenvalue weighted by Crippen LogP contribution is 2.38. The van der Waals surface area contributed by atoms with Gasteiger partial charge >= 0.3 is 0 Å². The van der Waals surface area contributed by atoms with Gasteiger partial charge in [-0.1, -0.05) is 80.6 Å². The van der Waals surface area contributed by atoms with E-state index in [-0.39, 0.29) is 0 Å². The van der Waals surface area contributed by atoms with Crippen LogP contribution in [0.3, 0.4) is 0 Å². The molecule has 0 fully saturated rings. The Morgan fingerprint density at radius 3 is 1.96 bits per heavy atom. The van der Waals surface area contributed by atoms with Gasteiger partial charge in [0.1, 0.15) is 0 Å². The number of fused-ring (bicyclic) bond motifs is 6. The molecule has 0 spiro atoms. The van der Waals surface area contributed by atoms with Gasteiger partial charge in [-0.3, -0.25) is 0 Å². The van der Waals surface area contributed by atoms with Gasteiger partial charge in [0, 0.05) is 0 Å². The Labute approximate surface area is 147 Å². The molecule has 25 heavy (non-hydrogen) atoms. The Bertz CT molecular complexity index is 1260. The molecule has 5 rings (SSSR count). The lowest BCUT2D eigenvalue weighted by molar-refractivity contribution is 0.879. The molecular weight excluding hydrogens is 300 g/mol. The zero-order valence-electron chi connectivity index (χ0n) is 14.6. The van der Waals surface area contributed by atoms with Crippen LogP contribution in [0.5, 0.6) is 0 Å². The lowest BCUT2D eigenvalue weighted by Gasteiger charge is -2.16. The molecule has 0 unspecified atom stereocenters. The Morgan fingerprint density at radius 1 is 0.520 bits per heavy atom. The highest BCUT2D eigenvalue weighted by molar-refractivity contribution is 6.20. The van der Waals surface area contributed by atoms with E-state index >= 15 is 0 Å². The van der Waals surface area contributed by atoms with Gasteiger partial charge in [0.25, 0.3) is 0 Å². The van der Waals surface area contributed by atoms with Crippen LogP contribution in [0.15, 0.2) is 78.9 Å². The Morgan fingerprint density at radius 2 is 1.20 bits per heavy atom. The minimum atomic E-state index is 0.490. The molecule has 0 heterocycles. The lowest BCUT2D eigenvalue weighted by Crippen LogP contribution is -1.92. The number of benzene rings is 5. The molecule has 120 valence electrons. The quantitative estimate of drug-likeness (QED) is 0.222. The summed E-state index contributed by atoms with van der Waals surface area (Å²) >= 11 is 0. The topological polar surface area (TPSA) is 0 Å². The largest absolute Gasteiger partial charge is 0.0616 e. The second-order valence-corrected chi connectivity index (χ2v) is 7.25. The van der Waals surface area contributed by atoms with Gasteiger partial charge in [0.2, 0.25) is 0 Å². The lowest BCUT2D eigenvalue weighted by atomic mass is 9.88. The fourth-order valence-corrected chi connectivity index (χ4v) is 4.11. The molecule has 0 aliphatic carbocycles. The van der Waals surface area contributed by atoms with E-state index in [0.717, 1.165) is 0 Å². The van der Waals surface area contributed by atoms with Crippen molar-refractivity contribution in [3.05, 3.63) is 84.4 Å². The highest BCUT2D eigenvalue weighted by atomic mass is 14.2. The first-order chi connectivity index (χ1) is 12.2. The zero-order valence-corrected chi connectivity index (χ0v) is 14.6. The Balaban J connectivity index is 2.06. The van der Waals surface area contributed by atoms with Gasteiger partial charge in [-0.25, -0.2) is 0 Å². The maximum atomic E-state index is 2.40. The average Bonchev–Trinajstić information content (AvgIpc) is 2.65. The Kier molecular flexibility index (Phi) is 3.08. The van der Waals surface area contributed by atoms with E-state index in [1.54, 1.807) is 0 Å². The van der Waals surface area contributed by atoms with Crippen LogP contribution in [0, 0.1) is 0 Å². The van der Waals surface area contributed by atoms with E-state index in [1.165, 1.54) is 48.7 Å². The fourth-order valence-electron chi connectivity index (χ4n) is 4.11. The first-order valence-corrected chi connectivity index (χ1v) is 8.99. The third kappa shape index (κ3) is 2.14. The van der Waals surface area contributed by atoms with Crippen LogP contribution in [-0.4, -0.2) is 0 Å². The van der Waals surface area contributed by atoms with Crippen LogP contribution in [0.4, 0.5) is 0 Å². The molecular formula is C25H20. The summed E-state index contributed by atoms with van der Waals surface area (Å²) in [5, 5.41) is 10.8. The summed E-state index contributed by atoms with van der Waals surface area (Å²) in [6.45, 7) is 4.59. The predicted octanol–water partition coefficient (Wildman–Crippen LogP) is 7.42. The third-order valence-electron chi connectivity index (χ3n) is 5.36. The second-order valence-electron chi connectivity index (χ2n) is 7.25. The van der Waals surface area contributed by atoms with Gasteiger partial charge in [0.15, 0.2) is 0 Å². The van der Waals surface area contributed by atoms with Crippen LogP contribution >= 0.6 is 0 Å². The van der Waals surface area contributed by atoms with Crippen LogP contribution in [0.2, 0.25) is 0 Å². The molecule has 0 heteroatoms. The molecule has 0 aliphatic heterocycles. The van der Waals surface area contributed by atoms with E-state index < -0.39 is 0 Å². The van der Waals surface area contributed by atoms with Crippen molar-refractivity contribution in [2.24, 2.45) is 0 Å². The van der Waals surface area contributed by atoms with Crippen LogP contribution in [0.25, 0.3) is 43.1 Å². The van der Waals surface area contributed by atoms with Crippen molar-refractivity contribution in [2.75, 3.05) is 0 Å². The monoisotopic (exact) mass is 320 g/mol. The molecule has 0 atom stereocenters. The van der Waals surface area contributed by atoms with Gasteiger partial charge in [0.05, 0.1) is 0 Å². The summed E-state index contributed by atoms with van der Waals surface area (Å²) in [5.74, 6) is 0.490. The van der Waals surface area contributed by atoms with E-state index in [4.69, 9.17) is 0 Å². The van der Waals surface area contributed by atoms with E-state index in [9.17, 15) is 0 Å². The van der Waals surface area contributed by atoms with Crippen molar-refractivity contribution < 1.29 is 0 Å². The van der Waals surface area contributed by atoms with Crippen molar-refractivity contribution in [1.82, 2.24) is 0 Å². The van der Waals surface area contributed by atoms with Gasteiger partial charge < -0.3 is 0 Å². The Hall–Kier alpha value is -2.86. The molecule has 0 radical (unpaired) electrons. The van der Waals surface area contributed by atoms with Crippen molar-refractivity contribution in [3.63, 3.8) is 0 Å². The predicted molar refractivity (Wildman–Crippen MR) is 111 cm³/mol. The molecule has 5 aromatic rings. The van der Waals surface area contributed by atoms with E-state index in [2.05, 4.69) is 92.7 Å². The van der Waals surface area contributed by atoms with Crippen molar-refractivity contribution in [3.8, 4) is 0 Å². The summed E-state index contributed by atoms with van der Waals surface area (Å²) in [6.07, 6.45) is 0.